The third kappa shape index (κ3) is 4.16. The Kier molecular flexibility index (Phi) is 7.02. The summed E-state index contributed by atoms with van der Waals surface area (Å²) in [5, 5.41) is 5.28. The van der Waals surface area contributed by atoms with E-state index in [1.54, 1.807) is 4.57 Å². The van der Waals surface area contributed by atoms with Gasteiger partial charge in [-0.3, -0.25) is 4.79 Å². The van der Waals surface area contributed by atoms with E-state index in [4.69, 9.17) is 0 Å². The fourth-order valence-corrected chi connectivity index (χ4v) is 3.05. The third-order valence-electron chi connectivity index (χ3n) is 4.20. The molecular weight excluding hydrogens is 320 g/mol. The zero-order valence-electron chi connectivity index (χ0n) is 16.6. The van der Waals surface area contributed by atoms with Crippen molar-refractivity contribution in [1.82, 2.24) is 4.57 Å². The Morgan fingerprint density at radius 3 is 2.31 bits per heavy atom. The molecule has 0 saturated carbocycles. The lowest BCUT2D eigenvalue weighted by Crippen LogP contribution is -2.16. The molecule has 0 saturated heterocycles. The maximum atomic E-state index is 12.4. The van der Waals surface area contributed by atoms with Crippen LogP contribution >= 0.6 is 0 Å². The smallest absolute Gasteiger partial charge is 0.258 e. The van der Waals surface area contributed by atoms with Gasteiger partial charge in [-0.15, -0.1) is 0 Å². The second-order valence-electron chi connectivity index (χ2n) is 6.64. The summed E-state index contributed by atoms with van der Waals surface area (Å²) in [6.45, 7) is 9.45. The highest BCUT2D eigenvalue weighted by molar-refractivity contribution is 5.99. The van der Waals surface area contributed by atoms with Gasteiger partial charge in [0.1, 0.15) is 0 Å². The van der Waals surface area contributed by atoms with Crippen molar-refractivity contribution in [3.05, 3.63) is 64.6 Å². The second-order valence-corrected chi connectivity index (χ2v) is 6.64. The topological polar surface area (TPSA) is 34.0 Å². The number of hydrogen-bond acceptors (Lipinski definition) is 2. The van der Waals surface area contributed by atoms with Gasteiger partial charge in [-0.1, -0.05) is 57.5 Å². The van der Waals surface area contributed by atoms with Crippen LogP contribution in [0.4, 0.5) is 5.69 Å². The van der Waals surface area contributed by atoms with Gasteiger partial charge >= 0.3 is 0 Å². The molecule has 1 heterocycles. The van der Waals surface area contributed by atoms with Crippen molar-refractivity contribution < 1.29 is 1.43 Å². The summed E-state index contributed by atoms with van der Waals surface area (Å²) in [4.78, 5) is 12.4. The average molecular weight is 353 g/mol. The highest BCUT2D eigenvalue weighted by atomic mass is 16.1. The highest BCUT2D eigenvalue weighted by Gasteiger charge is 2.13. The number of anilines is 1. The molecule has 0 aliphatic rings. The van der Waals surface area contributed by atoms with Crippen molar-refractivity contribution >= 4 is 16.5 Å². The van der Waals surface area contributed by atoms with Crippen LogP contribution in [-0.2, 0) is 7.05 Å². The Balaban J connectivity index is 0.000000855. The number of fused-ring (bicyclic) bond motifs is 1. The van der Waals surface area contributed by atoms with Crippen LogP contribution < -0.4 is 10.9 Å². The number of aromatic nitrogens is 1. The van der Waals surface area contributed by atoms with Crippen molar-refractivity contribution in [2.75, 3.05) is 11.9 Å². The predicted octanol–water partition coefficient (Wildman–Crippen LogP) is 6.00. The molecule has 0 aliphatic heterocycles. The lowest BCUT2D eigenvalue weighted by molar-refractivity contribution is 0.874. The van der Waals surface area contributed by atoms with Gasteiger partial charge in [0.15, 0.2) is 0 Å². The summed E-state index contributed by atoms with van der Waals surface area (Å²) in [5.74, 6) is 0. The van der Waals surface area contributed by atoms with E-state index in [1.807, 2.05) is 37.5 Å². The van der Waals surface area contributed by atoms with Crippen LogP contribution in [0.5, 0.6) is 0 Å². The summed E-state index contributed by atoms with van der Waals surface area (Å²) in [6.07, 6.45) is 4.27. The first-order valence-corrected chi connectivity index (χ1v) is 9.47. The van der Waals surface area contributed by atoms with Crippen molar-refractivity contribution in [3.8, 4) is 11.1 Å². The minimum absolute atomic E-state index is 0. The molecule has 3 nitrogen and oxygen atoms in total. The minimum Gasteiger partial charge on any atom is -0.385 e. The molecule has 0 atom stereocenters. The molecule has 0 bridgehead atoms. The molecule has 0 aliphatic carbocycles. The quantitative estimate of drug-likeness (QED) is 0.625. The SMILES string of the molecule is CCC.CCCNc1cccc(C)c1-c1cn(C)c(=O)c2ccccc12.[HH]. The zero-order chi connectivity index (χ0) is 19.1. The monoisotopic (exact) mass is 352 g/mol. The van der Waals surface area contributed by atoms with Crippen LogP contribution in [0.3, 0.4) is 0 Å². The van der Waals surface area contributed by atoms with E-state index in [1.165, 1.54) is 17.5 Å². The molecule has 0 unspecified atom stereocenters. The summed E-state index contributed by atoms with van der Waals surface area (Å²) in [7, 11) is 1.82. The Morgan fingerprint density at radius 2 is 1.65 bits per heavy atom. The molecular formula is C23H32N2O. The predicted molar refractivity (Wildman–Crippen MR) is 116 cm³/mol. The molecule has 1 aromatic heterocycles. The standard InChI is InChI=1S/C20H22N2O.C3H8.H2/c1-4-12-21-18-11-7-8-14(2)19(18)17-13-22(3)20(23)16-10-6-5-9-15(16)17;1-3-2;/h5-11,13,21H,4,12H2,1-3H3;3H2,1-2H3;1H. The first-order chi connectivity index (χ1) is 12.5. The lowest BCUT2D eigenvalue weighted by Gasteiger charge is -2.17. The van der Waals surface area contributed by atoms with Gasteiger partial charge in [0.25, 0.3) is 5.56 Å². The largest absolute Gasteiger partial charge is 0.385 e. The van der Waals surface area contributed by atoms with E-state index >= 15 is 0 Å². The first kappa shape index (κ1) is 19.8. The number of pyridine rings is 1. The molecule has 2 aromatic carbocycles. The normalized spacial score (nSPS) is 10.3. The summed E-state index contributed by atoms with van der Waals surface area (Å²) >= 11 is 0. The molecule has 0 fully saturated rings. The minimum atomic E-state index is 0. The van der Waals surface area contributed by atoms with Crippen LogP contribution in [0.1, 0.15) is 40.6 Å². The van der Waals surface area contributed by atoms with E-state index in [-0.39, 0.29) is 6.99 Å². The van der Waals surface area contributed by atoms with Gasteiger partial charge in [0, 0.05) is 43.4 Å². The second kappa shape index (κ2) is 9.23. The Bertz CT molecular complexity index is 931. The third-order valence-corrected chi connectivity index (χ3v) is 4.20. The van der Waals surface area contributed by atoms with Gasteiger partial charge < -0.3 is 9.88 Å². The lowest BCUT2D eigenvalue weighted by atomic mass is 9.95. The van der Waals surface area contributed by atoms with Crippen molar-refractivity contribution in [2.45, 2.75) is 40.5 Å². The van der Waals surface area contributed by atoms with E-state index in [0.29, 0.717) is 0 Å². The van der Waals surface area contributed by atoms with E-state index in [2.05, 4.69) is 51.2 Å². The molecule has 0 radical (unpaired) electrons. The summed E-state index contributed by atoms with van der Waals surface area (Å²) in [6, 6.07) is 14.1. The summed E-state index contributed by atoms with van der Waals surface area (Å²) in [5.41, 5.74) is 4.64. The van der Waals surface area contributed by atoms with Crippen LogP contribution in [0.15, 0.2) is 53.5 Å². The molecule has 26 heavy (non-hydrogen) atoms. The number of nitrogens with zero attached hydrogens (tertiary/aromatic N) is 1. The fourth-order valence-electron chi connectivity index (χ4n) is 3.05. The number of benzene rings is 2. The van der Waals surface area contributed by atoms with Crippen molar-refractivity contribution in [2.24, 2.45) is 7.05 Å². The first-order valence-electron chi connectivity index (χ1n) is 9.47. The number of aryl methyl sites for hydroxylation is 2. The highest BCUT2D eigenvalue weighted by Crippen LogP contribution is 2.35. The Labute approximate surface area is 158 Å². The van der Waals surface area contributed by atoms with Crippen LogP contribution in [0, 0.1) is 6.92 Å². The van der Waals surface area contributed by atoms with E-state index < -0.39 is 0 Å². The van der Waals surface area contributed by atoms with Crippen LogP contribution in [0.25, 0.3) is 21.9 Å². The average Bonchev–Trinajstić information content (AvgIpc) is 2.64. The fraction of sp³-hybridized carbons (Fsp3) is 0.348. The molecule has 3 rings (SSSR count). The summed E-state index contributed by atoms with van der Waals surface area (Å²) < 4.78 is 1.67. The maximum Gasteiger partial charge on any atom is 0.258 e. The van der Waals surface area contributed by atoms with E-state index in [9.17, 15) is 4.79 Å². The van der Waals surface area contributed by atoms with Gasteiger partial charge in [0.2, 0.25) is 0 Å². The van der Waals surface area contributed by atoms with Crippen LogP contribution in [-0.4, -0.2) is 11.1 Å². The van der Waals surface area contributed by atoms with Crippen molar-refractivity contribution in [1.29, 1.82) is 0 Å². The van der Waals surface area contributed by atoms with Gasteiger partial charge in [-0.25, -0.2) is 0 Å². The number of nitrogens with one attached hydrogen (secondary N) is 1. The molecule has 0 spiro atoms. The molecule has 3 heteroatoms. The van der Waals surface area contributed by atoms with Gasteiger partial charge in [-0.2, -0.15) is 0 Å². The maximum absolute atomic E-state index is 12.4. The molecule has 1 N–H and O–H groups in total. The Hall–Kier alpha value is -2.55. The molecule has 140 valence electrons. The number of hydrogen-bond donors (Lipinski definition) is 1. The van der Waals surface area contributed by atoms with Gasteiger partial charge in [0.05, 0.1) is 0 Å². The zero-order valence-corrected chi connectivity index (χ0v) is 16.6. The van der Waals surface area contributed by atoms with Gasteiger partial charge in [-0.05, 0) is 36.4 Å². The van der Waals surface area contributed by atoms with E-state index in [0.717, 1.165) is 35.0 Å². The Morgan fingerprint density at radius 1 is 1.00 bits per heavy atom. The molecule has 0 amide bonds. The molecule has 3 aromatic rings. The van der Waals surface area contributed by atoms with Crippen LogP contribution in [0.2, 0.25) is 0 Å². The van der Waals surface area contributed by atoms with Crippen molar-refractivity contribution in [3.63, 3.8) is 0 Å². The number of rotatable bonds is 4.